The van der Waals surface area contributed by atoms with E-state index in [0.717, 1.165) is 17.3 Å². The van der Waals surface area contributed by atoms with Gasteiger partial charge in [-0.25, -0.2) is 0 Å². The van der Waals surface area contributed by atoms with E-state index in [1.807, 2.05) is 13.8 Å². The van der Waals surface area contributed by atoms with Crippen LogP contribution in [0.25, 0.3) is 0 Å². The Kier molecular flexibility index (Phi) is 6.81. The molecule has 1 saturated heterocycles. The van der Waals surface area contributed by atoms with E-state index in [4.69, 9.17) is 4.42 Å². The van der Waals surface area contributed by atoms with Crippen molar-refractivity contribution in [3.8, 4) is 0 Å². The largest absolute Gasteiger partial charge is 0.472 e. The molecule has 1 aliphatic rings. The van der Waals surface area contributed by atoms with Crippen LogP contribution in [0.2, 0.25) is 0 Å². The Hall–Kier alpha value is -2.09. The highest BCUT2D eigenvalue weighted by Gasteiger charge is 2.34. The number of Topliss-reactive ketones (excluding diaryl/α,β-unsaturated/α-hetero) is 2. The smallest absolute Gasteiger partial charge is 0.287 e. The fourth-order valence-corrected chi connectivity index (χ4v) is 3.31. The maximum absolute atomic E-state index is 12.6. The normalized spacial score (nSPS) is 18.8. The zero-order valence-corrected chi connectivity index (χ0v) is 15.1. The summed E-state index contributed by atoms with van der Waals surface area (Å²) in [4.78, 5) is 47.9. The van der Waals surface area contributed by atoms with Crippen molar-refractivity contribution in [1.29, 1.82) is 0 Å². The quantitative estimate of drug-likeness (QED) is 0.714. The van der Waals surface area contributed by atoms with Crippen molar-refractivity contribution in [3.63, 3.8) is 0 Å². The van der Waals surface area contributed by atoms with Gasteiger partial charge in [-0.3, -0.25) is 19.2 Å². The molecule has 2 unspecified atom stereocenters. The van der Waals surface area contributed by atoms with Crippen LogP contribution < -0.4 is 10.6 Å². The molecule has 1 aromatic heterocycles. The van der Waals surface area contributed by atoms with Gasteiger partial charge in [0.15, 0.2) is 5.78 Å². The zero-order chi connectivity index (χ0) is 18.4. The second-order valence-corrected chi connectivity index (χ2v) is 7.30. The van der Waals surface area contributed by atoms with Gasteiger partial charge in [0.1, 0.15) is 0 Å². The maximum Gasteiger partial charge on any atom is 0.287 e. The van der Waals surface area contributed by atoms with Crippen molar-refractivity contribution < 1.29 is 23.6 Å². The number of thioether (sulfide) groups is 1. The van der Waals surface area contributed by atoms with Crippen LogP contribution in [0.4, 0.5) is 4.79 Å². The second kappa shape index (κ2) is 8.84. The van der Waals surface area contributed by atoms with Crippen molar-refractivity contribution in [2.45, 2.75) is 38.5 Å². The molecule has 1 aromatic rings. The van der Waals surface area contributed by atoms with E-state index in [0.29, 0.717) is 18.7 Å². The Balaban J connectivity index is 1.90. The number of hydrogen-bond acceptors (Lipinski definition) is 6. The summed E-state index contributed by atoms with van der Waals surface area (Å²) in [5.74, 6) is -1.67. The molecule has 2 amide bonds. The standard InChI is InChI=1S/C17H22N2O5S/c1-10(2)14(19-17(23)25-9-11-4-6-24-8-11)13(20)7-12-3-5-18-16(22)15(12)21/h4,6,8,10,12,14H,3,5,7,9H2,1-2H3,(H,18,22)(H,19,23). The lowest BCUT2D eigenvalue weighted by Gasteiger charge is -2.25. The Labute approximate surface area is 150 Å². The summed E-state index contributed by atoms with van der Waals surface area (Å²) in [6, 6.07) is 1.09. The van der Waals surface area contributed by atoms with Crippen LogP contribution in [0.1, 0.15) is 32.3 Å². The molecule has 2 heterocycles. The van der Waals surface area contributed by atoms with Crippen LogP contribution in [-0.2, 0) is 20.1 Å². The van der Waals surface area contributed by atoms with Gasteiger partial charge < -0.3 is 15.1 Å². The molecule has 25 heavy (non-hydrogen) atoms. The molecule has 2 N–H and O–H groups in total. The SMILES string of the molecule is CC(C)C(NC(=O)SCc1ccoc1)C(=O)CC1CCNC(=O)C1=O. The molecular weight excluding hydrogens is 344 g/mol. The molecule has 8 heteroatoms. The minimum absolute atomic E-state index is 0.0260. The monoisotopic (exact) mass is 366 g/mol. The maximum atomic E-state index is 12.6. The van der Waals surface area contributed by atoms with E-state index >= 15 is 0 Å². The first-order valence-corrected chi connectivity index (χ1v) is 9.16. The zero-order valence-electron chi connectivity index (χ0n) is 14.2. The summed E-state index contributed by atoms with van der Waals surface area (Å²) < 4.78 is 4.94. The van der Waals surface area contributed by atoms with Gasteiger partial charge in [0.25, 0.3) is 11.1 Å². The minimum atomic E-state index is -0.679. The predicted octanol–water partition coefficient (Wildman–Crippen LogP) is 1.91. The molecule has 0 radical (unpaired) electrons. The van der Waals surface area contributed by atoms with Crippen molar-refractivity contribution >= 4 is 34.5 Å². The average molecular weight is 366 g/mol. The van der Waals surface area contributed by atoms with Gasteiger partial charge in [0.05, 0.1) is 18.6 Å². The lowest BCUT2D eigenvalue weighted by atomic mass is 9.87. The lowest BCUT2D eigenvalue weighted by Crippen LogP contribution is -2.47. The van der Waals surface area contributed by atoms with Gasteiger partial charge >= 0.3 is 0 Å². The molecule has 0 aliphatic carbocycles. The van der Waals surface area contributed by atoms with Crippen molar-refractivity contribution in [3.05, 3.63) is 24.2 Å². The van der Waals surface area contributed by atoms with Gasteiger partial charge in [-0.1, -0.05) is 25.6 Å². The summed E-state index contributed by atoms with van der Waals surface area (Å²) in [6.45, 7) is 4.06. The molecule has 0 aromatic carbocycles. The molecule has 7 nitrogen and oxygen atoms in total. The fourth-order valence-electron chi connectivity index (χ4n) is 2.64. The van der Waals surface area contributed by atoms with Crippen LogP contribution >= 0.6 is 11.8 Å². The third-order valence-electron chi connectivity index (χ3n) is 4.06. The first-order valence-electron chi connectivity index (χ1n) is 8.17. The molecule has 1 aliphatic heterocycles. The number of amides is 2. The topological polar surface area (TPSA) is 105 Å². The third-order valence-corrected chi connectivity index (χ3v) is 4.92. The number of carbonyl (C=O) groups is 4. The number of piperidine rings is 1. The molecule has 0 saturated carbocycles. The van der Waals surface area contributed by atoms with E-state index in [9.17, 15) is 19.2 Å². The number of furan rings is 1. The Morgan fingerprint density at radius 3 is 2.80 bits per heavy atom. The summed E-state index contributed by atoms with van der Waals surface area (Å²) in [7, 11) is 0. The highest BCUT2D eigenvalue weighted by molar-refractivity contribution is 8.12. The van der Waals surface area contributed by atoms with Gasteiger partial charge in [-0.05, 0) is 18.4 Å². The van der Waals surface area contributed by atoms with Crippen molar-refractivity contribution in [2.24, 2.45) is 11.8 Å². The highest BCUT2D eigenvalue weighted by atomic mass is 32.2. The highest BCUT2D eigenvalue weighted by Crippen LogP contribution is 2.19. The number of hydrogen-bond donors (Lipinski definition) is 2. The van der Waals surface area contributed by atoms with Crippen LogP contribution in [-0.4, -0.2) is 35.3 Å². The third kappa shape index (κ3) is 5.45. The summed E-state index contributed by atoms with van der Waals surface area (Å²) in [5, 5.41) is 4.89. The molecule has 0 bridgehead atoms. The Morgan fingerprint density at radius 2 is 2.16 bits per heavy atom. The number of nitrogens with one attached hydrogen (secondary N) is 2. The van der Waals surface area contributed by atoms with E-state index in [1.165, 1.54) is 6.26 Å². The first kappa shape index (κ1) is 19.2. The number of ketones is 2. The van der Waals surface area contributed by atoms with E-state index in [1.54, 1.807) is 12.3 Å². The molecule has 1 fully saturated rings. The van der Waals surface area contributed by atoms with Gasteiger partial charge in [-0.15, -0.1) is 0 Å². The summed E-state index contributed by atoms with van der Waals surface area (Å²) >= 11 is 1.05. The Bertz CT molecular complexity index is 641. The van der Waals surface area contributed by atoms with Gasteiger partial charge in [0, 0.05) is 30.2 Å². The van der Waals surface area contributed by atoms with Crippen LogP contribution in [0, 0.1) is 11.8 Å². The van der Waals surface area contributed by atoms with Gasteiger partial charge in [-0.2, -0.15) is 0 Å². The van der Waals surface area contributed by atoms with Crippen molar-refractivity contribution in [1.82, 2.24) is 10.6 Å². The second-order valence-electron chi connectivity index (χ2n) is 6.35. The van der Waals surface area contributed by atoms with E-state index in [2.05, 4.69) is 10.6 Å². The molecule has 2 rings (SSSR count). The lowest BCUT2D eigenvalue weighted by molar-refractivity contribution is -0.143. The summed E-state index contributed by atoms with van der Waals surface area (Å²) in [5.41, 5.74) is 0.881. The molecule has 136 valence electrons. The molecule has 2 atom stereocenters. The van der Waals surface area contributed by atoms with Gasteiger partial charge in [0.2, 0.25) is 5.78 Å². The van der Waals surface area contributed by atoms with E-state index < -0.39 is 23.7 Å². The minimum Gasteiger partial charge on any atom is -0.472 e. The molecular formula is C17H22N2O5S. The molecule has 0 spiro atoms. The van der Waals surface area contributed by atoms with Crippen LogP contribution in [0.5, 0.6) is 0 Å². The van der Waals surface area contributed by atoms with Crippen LogP contribution in [0.15, 0.2) is 23.0 Å². The predicted molar refractivity (Wildman–Crippen MR) is 92.9 cm³/mol. The van der Waals surface area contributed by atoms with Crippen LogP contribution in [0.3, 0.4) is 0 Å². The van der Waals surface area contributed by atoms with Crippen molar-refractivity contribution in [2.75, 3.05) is 6.54 Å². The number of carbonyl (C=O) groups excluding carboxylic acids is 4. The Morgan fingerprint density at radius 1 is 1.40 bits per heavy atom. The number of rotatable bonds is 7. The first-order chi connectivity index (χ1) is 11.9. The summed E-state index contributed by atoms with van der Waals surface area (Å²) in [6.07, 6.45) is 3.52. The fraction of sp³-hybridized carbons (Fsp3) is 0.529. The average Bonchev–Trinajstić information content (AvgIpc) is 3.08. The van der Waals surface area contributed by atoms with E-state index in [-0.39, 0.29) is 23.4 Å².